The van der Waals surface area contributed by atoms with Gasteiger partial charge in [-0.15, -0.1) is 0 Å². The van der Waals surface area contributed by atoms with Crippen LogP contribution in [0.3, 0.4) is 0 Å². The standard InChI is InChI=1S/C13H18N2O4/c1-7-11(9(3)19-14-7)6-12(16)15-5-4-10(8(15)2)13(17)18/h8,10H,4-6H2,1-3H3,(H,17,18). The average molecular weight is 266 g/mol. The lowest BCUT2D eigenvalue weighted by Gasteiger charge is -2.23. The first kappa shape index (κ1) is 13.6. The number of carbonyl (C=O) groups is 2. The highest BCUT2D eigenvalue weighted by Gasteiger charge is 2.38. The molecular weight excluding hydrogens is 248 g/mol. The van der Waals surface area contributed by atoms with Gasteiger partial charge in [-0.05, 0) is 27.2 Å². The van der Waals surface area contributed by atoms with Crippen LogP contribution in [-0.2, 0) is 16.0 Å². The molecule has 1 saturated heterocycles. The number of rotatable bonds is 3. The molecule has 0 aromatic carbocycles. The Bertz CT molecular complexity index is 489. The van der Waals surface area contributed by atoms with Crippen molar-refractivity contribution in [2.75, 3.05) is 6.54 Å². The van der Waals surface area contributed by atoms with Crippen LogP contribution in [0.5, 0.6) is 0 Å². The first-order chi connectivity index (χ1) is 8.91. The van der Waals surface area contributed by atoms with Crippen LogP contribution >= 0.6 is 0 Å². The Morgan fingerprint density at radius 2 is 2.16 bits per heavy atom. The van der Waals surface area contributed by atoms with E-state index in [0.29, 0.717) is 24.4 Å². The van der Waals surface area contributed by atoms with Gasteiger partial charge in [-0.2, -0.15) is 0 Å². The number of aliphatic carboxylic acids is 1. The average Bonchev–Trinajstić information content (AvgIpc) is 2.86. The number of carbonyl (C=O) groups excluding carboxylic acids is 1. The number of carboxylic acids is 1. The maximum Gasteiger partial charge on any atom is 0.308 e. The summed E-state index contributed by atoms with van der Waals surface area (Å²) in [5, 5.41) is 12.9. The molecule has 6 heteroatoms. The molecule has 19 heavy (non-hydrogen) atoms. The van der Waals surface area contributed by atoms with Crippen molar-refractivity contribution in [2.24, 2.45) is 5.92 Å². The smallest absolute Gasteiger partial charge is 0.308 e. The van der Waals surface area contributed by atoms with Gasteiger partial charge in [0.15, 0.2) is 0 Å². The number of nitrogens with zero attached hydrogens (tertiary/aromatic N) is 2. The van der Waals surface area contributed by atoms with Gasteiger partial charge in [-0.25, -0.2) is 0 Å². The van der Waals surface area contributed by atoms with E-state index in [4.69, 9.17) is 9.63 Å². The molecule has 1 N–H and O–H groups in total. The summed E-state index contributed by atoms with van der Waals surface area (Å²) in [6.45, 7) is 5.86. The molecule has 0 aliphatic carbocycles. The normalized spacial score (nSPS) is 22.8. The van der Waals surface area contributed by atoms with Gasteiger partial charge in [0.25, 0.3) is 0 Å². The third-order valence-electron chi connectivity index (χ3n) is 3.90. The zero-order chi connectivity index (χ0) is 14.2. The van der Waals surface area contributed by atoms with E-state index in [-0.39, 0.29) is 18.4 Å². The Kier molecular flexibility index (Phi) is 3.59. The van der Waals surface area contributed by atoms with E-state index in [0.717, 1.165) is 5.56 Å². The predicted octanol–water partition coefficient (Wildman–Crippen LogP) is 1.16. The summed E-state index contributed by atoms with van der Waals surface area (Å²) in [6, 6.07) is -0.259. The van der Waals surface area contributed by atoms with Crippen LogP contribution in [0.15, 0.2) is 4.52 Å². The van der Waals surface area contributed by atoms with E-state index in [2.05, 4.69) is 5.16 Å². The topological polar surface area (TPSA) is 83.6 Å². The van der Waals surface area contributed by atoms with Gasteiger partial charge in [0, 0.05) is 18.2 Å². The Morgan fingerprint density at radius 3 is 2.63 bits per heavy atom. The van der Waals surface area contributed by atoms with Crippen molar-refractivity contribution in [3.63, 3.8) is 0 Å². The zero-order valence-electron chi connectivity index (χ0n) is 11.3. The van der Waals surface area contributed by atoms with E-state index >= 15 is 0 Å². The fourth-order valence-corrected chi connectivity index (χ4v) is 2.63. The number of aromatic nitrogens is 1. The largest absolute Gasteiger partial charge is 0.481 e. The first-order valence-electron chi connectivity index (χ1n) is 6.35. The number of hydrogen-bond donors (Lipinski definition) is 1. The summed E-state index contributed by atoms with van der Waals surface area (Å²) in [4.78, 5) is 24.9. The molecule has 1 aliphatic rings. The zero-order valence-corrected chi connectivity index (χ0v) is 11.3. The molecule has 0 radical (unpaired) electrons. The van der Waals surface area contributed by atoms with E-state index in [1.807, 2.05) is 0 Å². The van der Waals surface area contributed by atoms with Gasteiger partial charge in [-0.1, -0.05) is 5.16 Å². The van der Waals surface area contributed by atoms with E-state index in [9.17, 15) is 9.59 Å². The maximum absolute atomic E-state index is 12.3. The summed E-state index contributed by atoms with van der Waals surface area (Å²) in [6.07, 6.45) is 0.738. The van der Waals surface area contributed by atoms with Gasteiger partial charge in [0.05, 0.1) is 18.0 Å². The molecule has 0 spiro atoms. The molecular formula is C13H18N2O4. The van der Waals surface area contributed by atoms with Gasteiger partial charge >= 0.3 is 5.97 Å². The van der Waals surface area contributed by atoms with Crippen LogP contribution in [0.2, 0.25) is 0 Å². The summed E-state index contributed by atoms with van der Waals surface area (Å²) in [5.74, 6) is -0.716. The quantitative estimate of drug-likeness (QED) is 0.887. The third kappa shape index (κ3) is 2.47. The lowest BCUT2D eigenvalue weighted by atomic mass is 10.0. The molecule has 1 aromatic heterocycles. The second kappa shape index (κ2) is 5.03. The molecule has 0 bridgehead atoms. The van der Waals surface area contributed by atoms with Crippen LogP contribution in [0.4, 0.5) is 0 Å². The van der Waals surface area contributed by atoms with Crippen molar-refractivity contribution < 1.29 is 19.2 Å². The van der Waals surface area contributed by atoms with Crippen LogP contribution < -0.4 is 0 Å². The summed E-state index contributed by atoms with van der Waals surface area (Å²) >= 11 is 0. The molecule has 2 unspecified atom stereocenters. The van der Waals surface area contributed by atoms with Crippen molar-refractivity contribution in [1.29, 1.82) is 0 Å². The second-order valence-electron chi connectivity index (χ2n) is 5.04. The molecule has 1 amide bonds. The molecule has 2 rings (SSSR count). The van der Waals surface area contributed by atoms with Crippen molar-refractivity contribution in [2.45, 2.75) is 39.7 Å². The number of amides is 1. The molecule has 104 valence electrons. The molecule has 1 aliphatic heterocycles. The summed E-state index contributed by atoms with van der Waals surface area (Å²) < 4.78 is 5.03. The van der Waals surface area contributed by atoms with Crippen molar-refractivity contribution in [1.82, 2.24) is 10.1 Å². The van der Waals surface area contributed by atoms with Crippen molar-refractivity contribution in [3.8, 4) is 0 Å². The van der Waals surface area contributed by atoms with Crippen LogP contribution in [0, 0.1) is 19.8 Å². The van der Waals surface area contributed by atoms with Crippen molar-refractivity contribution in [3.05, 3.63) is 17.0 Å². The monoisotopic (exact) mass is 266 g/mol. The SMILES string of the molecule is Cc1noc(C)c1CC(=O)N1CCC(C(=O)O)C1C. The minimum absolute atomic E-state index is 0.0642. The van der Waals surface area contributed by atoms with Gasteiger partial charge in [0.2, 0.25) is 5.91 Å². The Labute approximate surface area is 111 Å². The van der Waals surface area contributed by atoms with E-state index in [1.54, 1.807) is 25.7 Å². The molecule has 2 heterocycles. The minimum Gasteiger partial charge on any atom is -0.481 e. The molecule has 1 fully saturated rings. The van der Waals surface area contributed by atoms with Gasteiger partial charge in [0.1, 0.15) is 5.76 Å². The van der Waals surface area contributed by atoms with Crippen LogP contribution in [0.1, 0.15) is 30.4 Å². The Balaban J connectivity index is 2.08. The molecule has 0 saturated carbocycles. The lowest BCUT2D eigenvalue weighted by Crippen LogP contribution is -2.38. The van der Waals surface area contributed by atoms with Crippen molar-refractivity contribution >= 4 is 11.9 Å². The number of carboxylic acid groups (broad SMARTS) is 1. The molecule has 2 atom stereocenters. The highest BCUT2D eigenvalue weighted by atomic mass is 16.5. The minimum atomic E-state index is -0.833. The predicted molar refractivity (Wildman–Crippen MR) is 66.6 cm³/mol. The molecule has 1 aromatic rings. The summed E-state index contributed by atoms with van der Waals surface area (Å²) in [5.41, 5.74) is 1.52. The number of likely N-dealkylation sites (tertiary alicyclic amines) is 1. The van der Waals surface area contributed by atoms with Gasteiger partial charge < -0.3 is 14.5 Å². The first-order valence-corrected chi connectivity index (χ1v) is 6.35. The summed E-state index contributed by atoms with van der Waals surface area (Å²) in [7, 11) is 0. The number of hydrogen-bond acceptors (Lipinski definition) is 4. The maximum atomic E-state index is 12.3. The van der Waals surface area contributed by atoms with Gasteiger partial charge in [-0.3, -0.25) is 9.59 Å². The second-order valence-corrected chi connectivity index (χ2v) is 5.04. The Morgan fingerprint density at radius 1 is 1.47 bits per heavy atom. The molecule has 6 nitrogen and oxygen atoms in total. The lowest BCUT2D eigenvalue weighted by molar-refractivity contribution is -0.143. The van der Waals surface area contributed by atoms with E-state index in [1.165, 1.54) is 0 Å². The fraction of sp³-hybridized carbons (Fsp3) is 0.615. The van der Waals surface area contributed by atoms with Crippen LogP contribution in [0.25, 0.3) is 0 Å². The van der Waals surface area contributed by atoms with E-state index < -0.39 is 11.9 Å². The highest BCUT2D eigenvalue weighted by molar-refractivity contribution is 5.81. The third-order valence-corrected chi connectivity index (χ3v) is 3.90. The highest BCUT2D eigenvalue weighted by Crippen LogP contribution is 2.25. The Hall–Kier alpha value is -1.85. The number of aryl methyl sites for hydroxylation is 2. The fourth-order valence-electron chi connectivity index (χ4n) is 2.63. The van der Waals surface area contributed by atoms with Crippen LogP contribution in [-0.4, -0.2) is 39.6 Å².